The molecular formula is C16H12BrN3O2. The van der Waals surface area contributed by atoms with Gasteiger partial charge in [-0.25, -0.2) is 0 Å². The summed E-state index contributed by atoms with van der Waals surface area (Å²) in [6.07, 6.45) is 3.23. The minimum atomic E-state index is -0.505. The molecule has 0 atom stereocenters. The number of hydrogen-bond donors (Lipinski definition) is 2. The van der Waals surface area contributed by atoms with E-state index in [4.69, 9.17) is 0 Å². The summed E-state index contributed by atoms with van der Waals surface area (Å²) in [5, 5.41) is 5.97. The molecule has 0 saturated carbocycles. The molecule has 0 saturated heterocycles. The summed E-state index contributed by atoms with van der Waals surface area (Å²) in [5.41, 5.74) is 1.36. The molecule has 3 aromatic rings. The van der Waals surface area contributed by atoms with Gasteiger partial charge in [-0.1, -0.05) is 28.1 Å². The number of hydrogen-bond acceptors (Lipinski definition) is 5. The number of pyridine rings is 1. The molecule has 0 radical (unpaired) electrons. The Morgan fingerprint density at radius 2 is 1.55 bits per heavy atom. The van der Waals surface area contributed by atoms with Crippen LogP contribution in [0.1, 0.15) is 5.56 Å². The van der Waals surface area contributed by atoms with Gasteiger partial charge in [-0.05, 0) is 29.8 Å². The van der Waals surface area contributed by atoms with Gasteiger partial charge in [0.2, 0.25) is 0 Å². The van der Waals surface area contributed by atoms with Crippen LogP contribution in [0.25, 0.3) is 0 Å². The van der Waals surface area contributed by atoms with Crippen molar-refractivity contribution < 1.29 is 0 Å². The zero-order chi connectivity index (χ0) is 15.5. The lowest BCUT2D eigenvalue weighted by atomic mass is 10.1. The van der Waals surface area contributed by atoms with E-state index >= 15 is 0 Å². The Bertz CT molecular complexity index is 853. The highest BCUT2D eigenvalue weighted by molar-refractivity contribution is 9.10. The Balaban J connectivity index is 1.75. The number of nitrogens with one attached hydrogen (secondary N) is 2. The summed E-state index contributed by atoms with van der Waals surface area (Å²) in [6.45, 7) is 0.475. The van der Waals surface area contributed by atoms with Gasteiger partial charge in [0, 0.05) is 29.1 Å². The molecule has 2 aromatic carbocycles. The maximum absolute atomic E-state index is 11.7. The van der Waals surface area contributed by atoms with Gasteiger partial charge in [0.05, 0.1) is 0 Å². The van der Waals surface area contributed by atoms with Crippen LogP contribution in [0.3, 0.4) is 0 Å². The first-order chi connectivity index (χ1) is 10.6. The molecule has 0 spiro atoms. The van der Waals surface area contributed by atoms with Crippen molar-refractivity contribution in [3.63, 3.8) is 0 Å². The lowest BCUT2D eigenvalue weighted by Crippen LogP contribution is -2.36. The van der Waals surface area contributed by atoms with Crippen LogP contribution in [-0.4, -0.2) is 4.98 Å². The zero-order valence-corrected chi connectivity index (χ0v) is 13.1. The van der Waals surface area contributed by atoms with E-state index < -0.39 is 10.9 Å². The number of anilines is 3. The van der Waals surface area contributed by atoms with Crippen LogP contribution in [0, 0.1) is 0 Å². The van der Waals surface area contributed by atoms with Crippen LogP contribution in [0.5, 0.6) is 0 Å². The normalized spacial score (nSPS) is 10.6. The van der Waals surface area contributed by atoms with E-state index in [1.807, 2.05) is 24.3 Å². The largest absolute Gasteiger partial charge is 0.376 e. The van der Waals surface area contributed by atoms with Crippen LogP contribution < -0.4 is 21.5 Å². The highest BCUT2D eigenvalue weighted by Crippen LogP contribution is 2.21. The molecular weight excluding hydrogens is 346 g/mol. The van der Waals surface area contributed by atoms with Crippen molar-refractivity contribution in [3.05, 3.63) is 79.3 Å². The Labute approximate surface area is 134 Å². The molecule has 22 heavy (non-hydrogen) atoms. The molecule has 0 aliphatic carbocycles. The zero-order valence-electron chi connectivity index (χ0n) is 11.5. The third kappa shape index (κ3) is 2.92. The third-order valence-corrected chi connectivity index (χ3v) is 3.77. The van der Waals surface area contributed by atoms with Gasteiger partial charge >= 0.3 is 0 Å². The molecule has 0 unspecified atom stereocenters. The van der Waals surface area contributed by atoms with Crippen LogP contribution in [0.2, 0.25) is 0 Å². The quantitative estimate of drug-likeness (QED) is 0.687. The topological polar surface area (TPSA) is 71.1 Å². The van der Waals surface area contributed by atoms with Gasteiger partial charge < -0.3 is 10.6 Å². The van der Waals surface area contributed by atoms with Crippen molar-refractivity contribution in [1.29, 1.82) is 0 Å². The standard InChI is InChI=1S/C16H12BrN3O2/c17-11-3-1-10(2-4-11)9-19-13-14(16(22)15(13)21)20-12-5-7-18-8-6-12/h1-8,19H,9H2,(H,18,20). The summed E-state index contributed by atoms with van der Waals surface area (Å²) in [5.74, 6) is 0. The number of benzene rings is 1. The summed E-state index contributed by atoms with van der Waals surface area (Å²) >= 11 is 3.37. The van der Waals surface area contributed by atoms with E-state index in [0.29, 0.717) is 23.6 Å². The van der Waals surface area contributed by atoms with Gasteiger partial charge in [0.25, 0.3) is 10.9 Å². The number of nitrogens with zero attached hydrogens (tertiary/aromatic N) is 1. The van der Waals surface area contributed by atoms with Crippen molar-refractivity contribution in [2.24, 2.45) is 0 Å². The van der Waals surface area contributed by atoms with Crippen LogP contribution in [-0.2, 0) is 6.54 Å². The molecule has 0 aliphatic rings. The molecule has 0 aliphatic heterocycles. The molecule has 110 valence electrons. The van der Waals surface area contributed by atoms with Crippen LogP contribution in [0.4, 0.5) is 17.1 Å². The Kier molecular flexibility index (Phi) is 4.02. The average Bonchev–Trinajstić information content (AvgIpc) is 2.56. The van der Waals surface area contributed by atoms with E-state index in [-0.39, 0.29) is 0 Å². The molecule has 1 heterocycles. The van der Waals surface area contributed by atoms with Gasteiger partial charge in [-0.15, -0.1) is 0 Å². The van der Waals surface area contributed by atoms with Crippen LogP contribution in [0.15, 0.2) is 62.9 Å². The third-order valence-electron chi connectivity index (χ3n) is 3.24. The minimum Gasteiger partial charge on any atom is -0.376 e. The van der Waals surface area contributed by atoms with Crippen molar-refractivity contribution in [3.8, 4) is 0 Å². The SMILES string of the molecule is O=c1c(NCc2ccc(Br)cc2)c(Nc2ccncc2)c1=O. The fourth-order valence-corrected chi connectivity index (χ4v) is 2.32. The number of aromatic nitrogens is 1. The Morgan fingerprint density at radius 3 is 2.23 bits per heavy atom. The van der Waals surface area contributed by atoms with Crippen molar-refractivity contribution in [1.82, 2.24) is 4.98 Å². The molecule has 3 rings (SSSR count). The summed E-state index contributed by atoms with van der Waals surface area (Å²) in [6, 6.07) is 11.2. The summed E-state index contributed by atoms with van der Waals surface area (Å²) in [4.78, 5) is 27.3. The highest BCUT2D eigenvalue weighted by Gasteiger charge is 2.20. The Morgan fingerprint density at radius 1 is 0.909 bits per heavy atom. The second kappa shape index (κ2) is 6.11. The van der Waals surface area contributed by atoms with Crippen molar-refractivity contribution in [2.45, 2.75) is 6.54 Å². The fourth-order valence-electron chi connectivity index (χ4n) is 2.05. The monoisotopic (exact) mass is 357 g/mol. The minimum absolute atomic E-state index is 0.299. The van der Waals surface area contributed by atoms with Crippen LogP contribution >= 0.6 is 15.9 Å². The maximum Gasteiger partial charge on any atom is 0.253 e. The number of halogens is 1. The van der Waals surface area contributed by atoms with E-state index in [1.54, 1.807) is 24.5 Å². The lowest BCUT2D eigenvalue weighted by molar-refractivity contribution is 1.13. The molecule has 0 bridgehead atoms. The summed E-state index contributed by atoms with van der Waals surface area (Å²) in [7, 11) is 0. The first kappa shape index (κ1) is 14.5. The molecule has 2 N–H and O–H groups in total. The van der Waals surface area contributed by atoms with Crippen molar-refractivity contribution >= 4 is 33.0 Å². The predicted octanol–water partition coefficient (Wildman–Crippen LogP) is 2.80. The van der Waals surface area contributed by atoms with Crippen molar-refractivity contribution in [2.75, 3.05) is 10.6 Å². The average molecular weight is 358 g/mol. The number of rotatable bonds is 5. The Hall–Kier alpha value is -2.47. The molecule has 5 nitrogen and oxygen atoms in total. The molecule has 0 fully saturated rings. The maximum atomic E-state index is 11.7. The first-order valence-corrected chi connectivity index (χ1v) is 7.43. The van der Waals surface area contributed by atoms with Gasteiger partial charge in [0.1, 0.15) is 11.4 Å². The van der Waals surface area contributed by atoms with E-state index in [0.717, 1.165) is 10.0 Å². The lowest BCUT2D eigenvalue weighted by Gasteiger charge is -2.14. The predicted molar refractivity (Wildman–Crippen MR) is 90.3 cm³/mol. The first-order valence-electron chi connectivity index (χ1n) is 6.64. The molecule has 6 heteroatoms. The smallest absolute Gasteiger partial charge is 0.253 e. The highest BCUT2D eigenvalue weighted by atomic mass is 79.9. The van der Waals surface area contributed by atoms with Gasteiger partial charge in [-0.2, -0.15) is 0 Å². The fraction of sp³-hybridized carbons (Fsp3) is 0.0625. The van der Waals surface area contributed by atoms with E-state index in [9.17, 15) is 9.59 Å². The van der Waals surface area contributed by atoms with E-state index in [1.165, 1.54) is 0 Å². The second-order valence-electron chi connectivity index (χ2n) is 4.75. The summed E-state index contributed by atoms with van der Waals surface area (Å²) < 4.78 is 0.991. The molecule has 0 amide bonds. The second-order valence-corrected chi connectivity index (χ2v) is 5.66. The van der Waals surface area contributed by atoms with Gasteiger partial charge in [0.15, 0.2) is 0 Å². The molecule has 1 aromatic heterocycles. The van der Waals surface area contributed by atoms with E-state index in [2.05, 4.69) is 31.5 Å². The van der Waals surface area contributed by atoms with Gasteiger partial charge in [-0.3, -0.25) is 14.6 Å².